The Labute approximate surface area is 186 Å². The first-order valence-corrected chi connectivity index (χ1v) is 11.1. The van der Waals surface area contributed by atoms with Crippen molar-refractivity contribution in [3.8, 4) is 0 Å². The van der Waals surface area contributed by atoms with Gasteiger partial charge in [0, 0.05) is 40.3 Å². The first kappa shape index (κ1) is 25.1. The van der Waals surface area contributed by atoms with Crippen LogP contribution in [0.4, 0.5) is 0 Å². The van der Waals surface area contributed by atoms with E-state index in [9.17, 15) is 8.42 Å². The summed E-state index contributed by atoms with van der Waals surface area (Å²) < 4.78 is 32.6. The highest BCUT2D eigenvalue weighted by molar-refractivity contribution is 14.0. The van der Waals surface area contributed by atoms with Gasteiger partial charge in [0.1, 0.15) is 0 Å². The van der Waals surface area contributed by atoms with E-state index in [0.29, 0.717) is 25.6 Å². The molecule has 9 heteroatoms. The zero-order valence-electron chi connectivity index (χ0n) is 17.0. The van der Waals surface area contributed by atoms with E-state index in [0.717, 1.165) is 25.9 Å². The second-order valence-electron chi connectivity index (χ2n) is 6.97. The summed E-state index contributed by atoms with van der Waals surface area (Å²) in [5.41, 5.74) is 2.40. The van der Waals surface area contributed by atoms with Crippen LogP contribution >= 0.6 is 24.0 Å². The molecule has 0 spiro atoms. The van der Waals surface area contributed by atoms with Gasteiger partial charge in [-0.05, 0) is 31.7 Å². The highest BCUT2D eigenvalue weighted by atomic mass is 127. The number of rotatable bonds is 8. The smallest absolute Gasteiger partial charge is 0.213 e. The molecule has 0 aliphatic carbocycles. The average Bonchev–Trinajstić information content (AvgIpc) is 2.66. The van der Waals surface area contributed by atoms with Crippen molar-refractivity contribution in [2.24, 2.45) is 4.99 Å². The van der Waals surface area contributed by atoms with E-state index in [-0.39, 0.29) is 35.8 Å². The molecule has 1 aromatic carbocycles. The number of halogens is 1. The molecule has 1 fully saturated rings. The third-order valence-corrected chi connectivity index (χ3v) is 5.92. The quantitative estimate of drug-likeness (QED) is 0.309. The molecule has 1 aromatic rings. The summed E-state index contributed by atoms with van der Waals surface area (Å²) in [5, 5.41) is 3.12. The van der Waals surface area contributed by atoms with Crippen LogP contribution in [0, 0.1) is 6.92 Å². The van der Waals surface area contributed by atoms with Crippen molar-refractivity contribution in [3.05, 3.63) is 35.4 Å². The summed E-state index contributed by atoms with van der Waals surface area (Å²) in [6.45, 7) is 4.13. The Balaban J connectivity index is 0.00000392. The second-order valence-corrected chi connectivity index (χ2v) is 8.90. The Bertz CT molecular complexity index is 704. The summed E-state index contributed by atoms with van der Waals surface area (Å²) in [6.07, 6.45) is 3.06. The van der Waals surface area contributed by atoms with Gasteiger partial charge in [-0.2, -0.15) is 0 Å². The Kier molecular flexibility index (Phi) is 11.3. The lowest BCUT2D eigenvalue weighted by Gasteiger charge is -2.23. The standard InChI is InChI=1S/C19H32N4O3S.HI/c1-16-7-9-17(10-8-16)15-23(3)19(20-2)21-11-13-27(24,25)22-14-18-6-4-5-12-26-18;/h7-10,18,22H,4-6,11-15H2,1-3H3,(H,20,21);1H. The van der Waals surface area contributed by atoms with E-state index < -0.39 is 10.0 Å². The number of ether oxygens (including phenoxy) is 1. The van der Waals surface area contributed by atoms with Gasteiger partial charge in [0.05, 0.1) is 11.9 Å². The fourth-order valence-corrected chi connectivity index (χ4v) is 3.94. The lowest BCUT2D eigenvalue weighted by atomic mass is 10.1. The Morgan fingerprint density at radius 3 is 2.61 bits per heavy atom. The fraction of sp³-hybridized carbons (Fsp3) is 0.632. The summed E-state index contributed by atoms with van der Waals surface area (Å²) in [4.78, 5) is 6.21. The van der Waals surface area contributed by atoms with Gasteiger partial charge < -0.3 is 15.0 Å². The van der Waals surface area contributed by atoms with Gasteiger partial charge in [-0.1, -0.05) is 29.8 Å². The molecule has 1 saturated heterocycles. The molecule has 0 saturated carbocycles. The third-order valence-electron chi connectivity index (χ3n) is 4.57. The van der Waals surface area contributed by atoms with Crippen molar-refractivity contribution in [3.63, 3.8) is 0 Å². The number of nitrogens with zero attached hydrogens (tertiary/aromatic N) is 2. The second kappa shape index (κ2) is 12.6. The predicted octanol–water partition coefficient (Wildman–Crippen LogP) is 2.11. The van der Waals surface area contributed by atoms with E-state index in [1.807, 2.05) is 11.9 Å². The number of benzene rings is 1. The van der Waals surface area contributed by atoms with Crippen molar-refractivity contribution in [2.75, 3.05) is 39.5 Å². The molecular weight excluding hydrogens is 491 g/mol. The highest BCUT2D eigenvalue weighted by Gasteiger charge is 2.18. The first-order chi connectivity index (χ1) is 12.9. The molecule has 160 valence electrons. The van der Waals surface area contributed by atoms with Gasteiger partial charge in [-0.3, -0.25) is 4.99 Å². The number of aryl methyl sites for hydroxylation is 1. The molecule has 1 aliphatic heterocycles. The summed E-state index contributed by atoms with van der Waals surface area (Å²) in [7, 11) is 0.288. The normalized spacial score (nSPS) is 17.7. The van der Waals surface area contributed by atoms with Crippen LogP contribution in [0.15, 0.2) is 29.3 Å². The van der Waals surface area contributed by atoms with Crippen molar-refractivity contribution in [1.82, 2.24) is 14.9 Å². The highest BCUT2D eigenvalue weighted by Crippen LogP contribution is 2.11. The molecule has 1 aliphatic rings. The maximum absolute atomic E-state index is 12.2. The number of hydrogen-bond donors (Lipinski definition) is 2. The van der Waals surface area contributed by atoms with Crippen LogP contribution < -0.4 is 10.0 Å². The van der Waals surface area contributed by atoms with E-state index in [1.165, 1.54) is 11.1 Å². The Morgan fingerprint density at radius 1 is 1.29 bits per heavy atom. The van der Waals surface area contributed by atoms with Crippen molar-refractivity contribution in [2.45, 2.75) is 38.8 Å². The van der Waals surface area contributed by atoms with Crippen LogP contribution in [-0.2, 0) is 21.3 Å². The van der Waals surface area contributed by atoms with E-state index in [4.69, 9.17) is 4.74 Å². The van der Waals surface area contributed by atoms with E-state index in [1.54, 1.807) is 7.05 Å². The van der Waals surface area contributed by atoms with Crippen molar-refractivity contribution in [1.29, 1.82) is 0 Å². The first-order valence-electron chi connectivity index (χ1n) is 9.46. The van der Waals surface area contributed by atoms with Gasteiger partial charge in [-0.15, -0.1) is 24.0 Å². The topological polar surface area (TPSA) is 83.0 Å². The molecule has 0 bridgehead atoms. The lowest BCUT2D eigenvalue weighted by molar-refractivity contribution is 0.0200. The van der Waals surface area contributed by atoms with Gasteiger partial charge in [0.2, 0.25) is 10.0 Å². The maximum atomic E-state index is 12.2. The van der Waals surface area contributed by atoms with Crippen LogP contribution in [0.3, 0.4) is 0 Å². The zero-order chi connectivity index (χ0) is 19.7. The molecule has 1 heterocycles. The molecule has 0 radical (unpaired) electrons. The Morgan fingerprint density at radius 2 is 2.00 bits per heavy atom. The van der Waals surface area contributed by atoms with Gasteiger partial charge >= 0.3 is 0 Å². The minimum atomic E-state index is -3.34. The van der Waals surface area contributed by atoms with Crippen LogP contribution in [0.1, 0.15) is 30.4 Å². The summed E-state index contributed by atoms with van der Waals surface area (Å²) in [6, 6.07) is 8.32. The molecule has 1 unspecified atom stereocenters. The molecule has 1 atom stereocenters. The SMILES string of the molecule is CN=C(NCCS(=O)(=O)NCC1CCCCO1)N(C)Cc1ccc(C)cc1.I. The van der Waals surface area contributed by atoms with Crippen LogP contribution in [-0.4, -0.2) is 64.9 Å². The number of nitrogens with one attached hydrogen (secondary N) is 2. The fourth-order valence-electron chi connectivity index (χ4n) is 2.98. The van der Waals surface area contributed by atoms with Crippen LogP contribution in [0.2, 0.25) is 0 Å². The van der Waals surface area contributed by atoms with Gasteiger partial charge in [0.15, 0.2) is 5.96 Å². The lowest BCUT2D eigenvalue weighted by Crippen LogP contribution is -2.43. The predicted molar refractivity (Wildman–Crippen MR) is 125 cm³/mol. The molecule has 28 heavy (non-hydrogen) atoms. The minimum absolute atomic E-state index is 0. The Hall–Kier alpha value is -0.910. The van der Waals surface area contributed by atoms with Crippen molar-refractivity contribution >= 4 is 40.0 Å². The van der Waals surface area contributed by atoms with Crippen molar-refractivity contribution < 1.29 is 13.2 Å². The summed E-state index contributed by atoms with van der Waals surface area (Å²) >= 11 is 0. The van der Waals surface area contributed by atoms with Gasteiger partial charge in [0.25, 0.3) is 0 Å². The van der Waals surface area contributed by atoms with Gasteiger partial charge in [-0.25, -0.2) is 13.1 Å². The minimum Gasteiger partial charge on any atom is -0.377 e. The molecule has 2 rings (SSSR count). The molecule has 2 N–H and O–H groups in total. The largest absolute Gasteiger partial charge is 0.377 e. The number of hydrogen-bond acceptors (Lipinski definition) is 4. The van der Waals surface area contributed by atoms with Crippen LogP contribution in [0.5, 0.6) is 0 Å². The molecule has 0 amide bonds. The van der Waals surface area contributed by atoms with E-state index in [2.05, 4.69) is 46.2 Å². The molecule has 7 nitrogen and oxygen atoms in total. The number of sulfonamides is 1. The summed E-state index contributed by atoms with van der Waals surface area (Å²) in [5.74, 6) is 0.665. The average molecular weight is 524 g/mol. The van der Waals surface area contributed by atoms with Crippen LogP contribution in [0.25, 0.3) is 0 Å². The number of aliphatic imine (C=N–C) groups is 1. The third kappa shape index (κ3) is 9.06. The van der Waals surface area contributed by atoms with E-state index >= 15 is 0 Å². The molecular formula is C19H33IN4O3S. The monoisotopic (exact) mass is 524 g/mol. The zero-order valence-corrected chi connectivity index (χ0v) is 20.1. The number of guanidine groups is 1. The maximum Gasteiger partial charge on any atom is 0.213 e. The molecule has 0 aromatic heterocycles.